The van der Waals surface area contributed by atoms with Crippen molar-refractivity contribution in [3.63, 3.8) is 0 Å². The van der Waals surface area contributed by atoms with Crippen molar-refractivity contribution in [2.24, 2.45) is 12.8 Å². The summed E-state index contributed by atoms with van der Waals surface area (Å²) in [5.74, 6) is -0.533. The molecule has 1 fully saturated rings. The number of carbonyl (C=O) groups excluding carboxylic acids is 2. The summed E-state index contributed by atoms with van der Waals surface area (Å²) in [6, 6.07) is -0.490. The standard InChI is InChI=1S/C19H25N6O4S/c1-19(5-6-19)22-30(28,29)14-3-4-16-15(9-14)17(26)25(18(27)24(16)8-7-20)12-13-10-21-23(2)11-13/h3-4,9-11,14,22H,5-8,12,20H2,1-2H3/q+1. The Kier molecular flexibility index (Phi) is 4.99. The lowest BCUT2D eigenvalue weighted by atomic mass is 9.99. The third-order valence-electron chi connectivity index (χ3n) is 5.48. The fourth-order valence-electron chi connectivity index (χ4n) is 3.59. The van der Waals surface area contributed by atoms with Crippen molar-refractivity contribution in [3.8, 4) is 0 Å². The van der Waals surface area contributed by atoms with Crippen LogP contribution in [0.25, 0.3) is 0 Å². The maximum absolute atomic E-state index is 13.2. The van der Waals surface area contributed by atoms with Gasteiger partial charge in [-0.25, -0.2) is 17.9 Å². The molecule has 1 saturated carbocycles. The van der Waals surface area contributed by atoms with Crippen molar-refractivity contribution in [3.05, 3.63) is 41.8 Å². The molecule has 3 N–H and O–H groups in total. The summed E-state index contributed by atoms with van der Waals surface area (Å²) in [6.07, 6.45) is 9.30. The van der Waals surface area contributed by atoms with E-state index >= 15 is 0 Å². The quantitative estimate of drug-likeness (QED) is 0.564. The largest absolute Gasteiger partial charge is 0.501 e. The lowest BCUT2D eigenvalue weighted by Gasteiger charge is -2.26. The number of hydrogen-bond acceptors (Lipinski definition) is 6. The van der Waals surface area contributed by atoms with E-state index in [0.717, 1.165) is 17.7 Å². The van der Waals surface area contributed by atoms with E-state index in [9.17, 15) is 18.0 Å². The Hall–Kier alpha value is -2.63. The predicted octanol–water partition coefficient (Wildman–Crippen LogP) is -0.369. The summed E-state index contributed by atoms with van der Waals surface area (Å²) in [7, 11) is -1.96. The van der Waals surface area contributed by atoms with Crippen molar-refractivity contribution >= 4 is 27.7 Å². The molecule has 3 amide bonds. The van der Waals surface area contributed by atoms with Crippen LogP contribution in [0.5, 0.6) is 0 Å². The van der Waals surface area contributed by atoms with Gasteiger partial charge in [0, 0.05) is 30.9 Å². The Morgan fingerprint density at radius 1 is 1.37 bits per heavy atom. The van der Waals surface area contributed by atoms with Crippen LogP contribution >= 0.6 is 0 Å². The fraction of sp³-hybridized carbons (Fsp3) is 0.474. The number of urea groups is 1. The zero-order valence-corrected chi connectivity index (χ0v) is 17.7. The first-order valence-corrected chi connectivity index (χ1v) is 11.3. The van der Waals surface area contributed by atoms with Crippen LogP contribution in [-0.4, -0.2) is 69.2 Å². The monoisotopic (exact) mass is 433 g/mol. The lowest BCUT2D eigenvalue weighted by Crippen LogP contribution is -2.52. The van der Waals surface area contributed by atoms with Crippen LogP contribution in [0.1, 0.15) is 25.3 Å². The van der Waals surface area contributed by atoms with E-state index in [1.165, 1.54) is 22.8 Å². The van der Waals surface area contributed by atoms with E-state index in [2.05, 4.69) is 9.82 Å². The Balaban J connectivity index is 1.70. The first kappa shape index (κ1) is 20.6. The van der Waals surface area contributed by atoms with Crippen molar-refractivity contribution in [1.82, 2.24) is 19.4 Å². The molecule has 160 valence electrons. The third-order valence-corrected chi connectivity index (χ3v) is 7.26. The maximum atomic E-state index is 13.2. The highest BCUT2D eigenvalue weighted by Crippen LogP contribution is 2.36. The predicted molar refractivity (Wildman–Crippen MR) is 109 cm³/mol. The van der Waals surface area contributed by atoms with Gasteiger partial charge in [0.2, 0.25) is 10.0 Å². The molecular weight excluding hydrogens is 408 g/mol. The van der Waals surface area contributed by atoms with Crippen LogP contribution in [0, 0.1) is 0 Å². The molecule has 2 heterocycles. The highest BCUT2D eigenvalue weighted by Gasteiger charge is 2.47. The van der Waals surface area contributed by atoms with Gasteiger partial charge in [-0.3, -0.25) is 4.68 Å². The SMILES string of the molecule is Cn1cc(CN2C(=O)C3=CC(S(=O)(=O)NC4(C)CC4)C=CC3=[N+](CCN)C2=O)cn1. The smallest absolute Gasteiger partial charge is 0.327 e. The summed E-state index contributed by atoms with van der Waals surface area (Å²) >= 11 is 0. The van der Waals surface area contributed by atoms with Gasteiger partial charge in [-0.1, -0.05) is 6.08 Å². The highest BCUT2D eigenvalue weighted by molar-refractivity contribution is 7.90. The third kappa shape index (κ3) is 3.75. The highest BCUT2D eigenvalue weighted by atomic mass is 32.2. The molecule has 0 aromatic carbocycles. The molecule has 0 saturated heterocycles. The summed E-state index contributed by atoms with van der Waals surface area (Å²) in [4.78, 5) is 27.3. The van der Waals surface area contributed by atoms with Gasteiger partial charge in [-0.05, 0) is 31.9 Å². The van der Waals surface area contributed by atoms with E-state index < -0.39 is 32.8 Å². The first-order chi connectivity index (χ1) is 14.1. The van der Waals surface area contributed by atoms with Crippen LogP contribution in [0.2, 0.25) is 0 Å². The Labute approximate surface area is 174 Å². The number of fused-ring (bicyclic) bond motifs is 1. The molecule has 10 nitrogen and oxygen atoms in total. The number of carbonyl (C=O) groups is 2. The second kappa shape index (κ2) is 7.25. The van der Waals surface area contributed by atoms with Gasteiger partial charge in [0.15, 0.2) is 0 Å². The number of imide groups is 1. The zero-order chi connectivity index (χ0) is 21.7. The molecule has 0 spiro atoms. The van der Waals surface area contributed by atoms with E-state index in [1.54, 1.807) is 24.1 Å². The van der Waals surface area contributed by atoms with Crippen LogP contribution in [0.3, 0.4) is 0 Å². The molecule has 1 aromatic rings. The van der Waals surface area contributed by atoms with Crippen molar-refractivity contribution in [2.45, 2.75) is 37.1 Å². The van der Waals surface area contributed by atoms with Crippen LogP contribution in [-0.2, 0) is 28.4 Å². The lowest BCUT2D eigenvalue weighted by molar-refractivity contribution is -0.433. The molecule has 1 aliphatic heterocycles. The van der Waals surface area contributed by atoms with Gasteiger partial charge in [0.05, 0.1) is 6.20 Å². The van der Waals surface area contributed by atoms with Gasteiger partial charge >= 0.3 is 11.9 Å². The number of aromatic nitrogens is 2. The average molecular weight is 434 g/mol. The number of hydrogen-bond donors (Lipinski definition) is 2. The molecule has 2 aliphatic carbocycles. The van der Waals surface area contributed by atoms with Crippen molar-refractivity contribution in [1.29, 1.82) is 0 Å². The zero-order valence-electron chi connectivity index (χ0n) is 16.9. The maximum Gasteiger partial charge on any atom is 0.501 e. The van der Waals surface area contributed by atoms with Gasteiger partial charge in [0.1, 0.15) is 29.6 Å². The minimum atomic E-state index is -3.71. The normalized spacial score (nSPS) is 23.0. The van der Waals surface area contributed by atoms with Crippen LogP contribution in [0.4, 0.5) is 4.79 Å². The second-order valence-electron chi connectivity index (χ2n) is 8.13. The van der Waals surface area contributed by atoms with E-state index in [4.69, 9.17) is 5.73 Å². The molecule has 30 heavy (non-hydrogen) atoms. The number of aryl methyl sites for hydroxylation is 1. The molecule has 0 radical (unpaired) electrons. The Morgan fingerprint density at radius 2 is 2.10 bits per heavy atom. The number of sulfonamides is 1. The van der Waals surface area contributed by atoms with Gasteiger partial charge < -0.3 is 5.73 Å². The van der Waals surface area contributed by atoms with E-state index in [1.807, 2.05) is 6.92 Å². The Morgan fingerprint density at radius 3 is 2.70 bits per heavy atom. The summed E-state index contributed by atoms with van der Waals surface area (Å²) < 4.78 is 31.3. The number of nitrogens with one attached hydrogen (secondary N) is 1. The topological polar surface area (TPSA) is 130 Å². The number of nitrogens with zero attached hydrogens (tertiary/aromatic N) is 4. The minimum absolute atomic E-state index is 0.0364. The van der Waals surface area contributed by atoms with Crippen molar-refractivity contribution < 1.29 is 22.6 Å². The molecule has 11 heteroatoms. The van der Waals surface area contributed by atoms with Crippen LogP contribution in [0.15, 0.2) is 36.2 Å². The van der Waals surface area contributed by atoms with Gasteiger partial charge in [0.25, 0.3) is 0 Å². The summed E-state index contributed by atoms with van der Waals surface area (Å²) in [5, 5.41) is 3.07. The fourth-order valence-corrected chi connectivity index (χ4v) is 5.22. The molecule has 1 aromatic heterocycles. The Bertz CT molecular complexity index is 1110. The molecular formula is C19H25N6O4S+. The van der Waals surface area contributed by atoms with E-state index in [0.29, 0.717) is 11.3 Å². The summed E-state index contributed by atoms with van der Waals surface area (Å²) in [6.45, 7) is 2.30. The molecule has 4 rings (SSSR count). The number of nitrogens with two attached hydrogens (primary N) is 1. The van der Waals surface area contributed by atoms with Crippen molar-refractivity contribution in [2.75, 3.05) is 13.1 Å². The summed E-state index contributed by atoms with van der Waals surface area (Å²) in [5.41, 5.74) is 6.51. The molecule has 3 aliphatic rings. The van der Waals surface area contributed by atoms with Gasteiger partial charge in [-0.2, -0.15) is 19.4 Å². The molecule has 0 bridgehead atoms. The molecule has 1 unspecified atom stereocenters. The van der Waals surface area contributed by atoms with E-state index in [-0.39, 0.29) is 25.2 Å². The minimum Gasteiger partial charge on any atom is -0.327 e. The number of allylic oxidation sites excluding steroid dienone is 1. The second-order valence-corrected chi connectivity index (χ2v) is 9.97. The van der Waals surface area contributed by atoms with Crippen LogP contribution < -0.4 is 10.5 Å². The molecule has 1 atom stereocenters. The van der Waals surface area contributed by atoms with Gasteiger partial charge in [-0.15, -0.1) is 0 Å². The number of rotatable bonds is 7. The average Bonchev–Trinajstić information content (AvgIpc) is 3.26. The first-order valence-electron chi connectivity index (χ1n) is 9.75. The number of amides is 3.